The third-order valence-corrected chi connectivity index (χ3v) is 10.8. The molecule has 5 aromatic carbocycles. The summed E-state index contributed by atoms with van der Waals surface area (Å²) in [6, 6.07) is 47.6. The first-order valence-corrected chi connectivity index (χ1v) is 32.3. The van der Waals surface area contributed by atoms with Crippen molar-refractivity contribution in [2.45, 2.75) is 52.4 Å². The summed E-state index contributed by atoms with van der Waals surface area (Å²) in [4.78, 5) is 0. The van der Waals surface area contributed by atoms with Crippen molar-refractivity contribution in [2.75, 3.05) is 0 Å². The summed E-state index contributed by atoms with van der Waals surface area (Å²) in [5.74, 6) is 0. The monoisotopic (exact) mass is 1340 g/mol. The number of rotatable bonds is 16. The minimum atomic E-state index is -10.7. The number of hydrogen-bond acceptors (Lipinski definition) is 0. The van der Waals surface area contributed by atoms with E-state index in [1.54, 1.807) is 0 Å². The Hall–Kier alpha value is -7.02. The molecule has 478 valence electrons. The van der Waals surface area contributed by atoms with Gasteiger partial charge in [-0.15, -0.1) is 0 Å². The van der Waals surface area contributed by atoms with Crippen molar-refractivity contribution < 1.29 is 119 Å². The molecule has 0 saturated carbocycles. The van der Waals surface area contributed by atoms with Gasteiger partial charge in [-0.25, -0.2) is 36.5 Å². The van der Waals surface area contributed by atoms with Crippen LogP contribution >= 0.6 is 31.2 Å². The molecule has 4 heterocycles. The van der Waals surface area contributed by atoms with Gasteiger partial charge < -0.3 is 0 Å². The second-order valence-corrected chi connectivity index (χ2v) is 26.9. The smallest absolute Gasteiger partial charge is 0.233 e. The average Bonchev–Trinajstić information content (AvgIpc) is 1.15. The van der Waals surface area contributed by atoms with Gasteiger partial charge in [-0.1, -0.05) is 121 Å². The van der Waals surface area contributed by atoms with Gasteiger partial charge in [-0.3, -0.25) is 0 Å². The predicted octanol–water partition coefficient (Wildman–Crippen LogP) is 20.0. The van der Waals surface area contributed by atoms with E-state index in [1.807, 2.05) is 0 Å². The molecule has 0 N–H and O–H groups in total. The molecule has 9 aromatic rings. The Morgan fingerprint density at radius 3 is 0.547 bits per heavy atom. The third-order valence-electron chi connectivity index (χ3n) is 10.8. The fraction of sp³-hybridized carbons (Fsp3) is 0.160. The zero-order valence-electron chi connectivity index (χ0n) is 43.7. The molecule has 0 aliphatic rings. The maximum Gasteiger partial charge on any atom is 0.244 e. The number of hydrogen-bond donors (Lipinski definition) is 0. The second-order valence-electron chi connectivity index (χ2n) is 19.2. The van der Waals surface area contributed by atoms with Gasteiger partial charge in [0.25, 0.3) is 0 Å². The standard InChI is InChI=1S/C50H50N8.4F6P/c1-5-13-43(14-6-1)31-51-21-25-55(39-51)35-47-29-49(37-57-27-23-53(41-57)33-45-17-9-3-10-18-45)50(38-58-28-24-54(42-58)34-46-19-11-4-12-20-46)30-48(47)36-56-26-22-52(40-56)32-44-15-7-2-8-16-44;4*1-7(2,3,4,5)6/h1-30,39-42H,31-38H2;;;;/q+4;4*-1. The Kier molecular flexibility index (Phi) is 18.3. The number of halogens is 24. The number of imidazole rings is 4. The van der Waals surface area contributed by atoms with E-state index >= 15 is 0 Å². The van der Waals surface area contributed by atoms with Crippen LogP contribution in [0.3, 0.4) is 0 Å². The largest absolute Gasteiger partial charge is 0.244 e. The quantitative estimate of drug-likeness (QED) is 0.0525. The van der Waals surface area contributed by atoms with Crippen molar-refractivity contribution in [2.24, 2.45) is 0 Å². The Labute approximate surface area is 472 Å². The number of nitrogens with zero attached hydrogens (tertiary/aromatic N) is 8. The van der Waals surface area contributed by atoms with Gasteiger partial charge in [0.1, 0.15) is 102 Å². The third kappa shape index (κ3) is 37.4. The summed E-state index contributed by atoms with van der Waals surface area (Å²) in [6.45, 7) is 6.46. The van der Waals surface area contributed by atoms with Gasteiger partial charge in [0.15, 0.2) is 0 Å². The van der Waals surface area contributed by atoms with Gasteiger partial charge in [0, 0.05) is 22.3 Å². The van der Waals surface area contributed by atoms with E-state index in [4.69, 9.17) is 0 Å². The van der Waals surface area contributed by atoms with Crippen LogP contribution in [0, 0.1) is 0 Å². The van der Waals surface area contributed by atoms with Gasteiger partial charge in [0.05, 0.1) is 0 Å². The summed E-state index contributed by atoms with van der Waals surface area (Å²) < 4.78 is 255. The normalized spacial score (nSPS) is 15.2. The van der Waals surface area contributed by atoms with Crippen molar-refractivity contribution >= 4 is 31.2 Å². The van der Waals surface area contributed by atoms with E-state index in [9.17, 15) is 101 Å². The number of benzene rings is 5. The molecule has 9 rings (SSSR count). The molecule has 0 amide bonds. The molecule has 0 fully saturated rings. The minimum absolute atomic E-state index is 0.774. The molecule has 0 bridgehead atoms. The molecular weight excluding hydrogens is 1290 g/mol. The maximum absolute atomic E-state index is 10.7. The van der Waals surface area contributed by atoms with E-state index in [2.05, 4.69) is 245 Å². The van der Waals surface area contributed by atoms with Crippen LogP contribution < -0.4 is 18.3 Å². The zero-order chi connectivity index (χ0) is 64.6. The SMILES string of the molecule is F[P-](F)(F)(F)(F)F.F[P-](F)(F)(F)(F)F.F[P-](F)(F)(F)(F)F.F[P-](F)(F)(F)(F)F.c1ccc(C[n+]2ccn(Cc3cc(Cn4cc[n+](Cc5ccccc5)c4)c(Cn4cc[n+](Cc5ccccc5)c4)cc3Cn3cc[n+](Cc4ccccc4)c3)c2)cc1. The summed E-state index contributed by atoms with van der Waals surface area (Å²) in [5, 5.41) is 0. The molecule has 0 saturated heterocycles. The van der Waals surface area contributed by atoms with E-state index in [0.29, 0.717) is 0 Å². The van der Waals surface area contributed by atoms with Crippen LogP contribution in [0.4, 0.5) is 101 Å². The molecule has 86 heavy (non-hydrogen) atoms. The molecule has 0 aliphatic heterocycles. The summed E-state index contributed by atoms with van der Waals surface area (Å²) in [6.07, 6.45) is 26.5. The van der Waals surface area contributed by atoms with Crippen LogP contribution in [0.25, 0.3) is 0 Å². The van der Waals surface area contributed by atoms with Crippen LogP contribution in [-0.2, 0) is 52.4 Å². The van der Waals surface area contributed by atoms with E-state index < -0.39 is 31.2 Å². The molecular formula is C50H50F24N8P4. The van der Waals surface area contributed by atoms with Crippen molar-refractivity contribution in [3.05, 3.63) is 253 Å². The van der Waals surface area contributed by atoms with Gasteiger partial charge >= 0.3 is 132 Å². The average molecular weight is 1340 g/mol. The van der Waals surface area contributed by atoms with Crippen molar-refractivity contribution in [1.82, 2.24) is 18.3 Å². The fourth-order valence-corrected chi connectivity index (χ4v) is 7.85. The molecule has 8 nitrogen and oxygen atoms in total. The molecule has 0 unspecified atom stereocenters. The molecule has 0 aliphatic carbocycles. The first-order valence-electron chi connectivity index (χ1n) is 24.2. The molecule has 36 heteroatoms. The van der Waals surface area contributed by atoms with Gasteiger partial charge in [0.2, 0.25) is 25.3 Å². The topological polar surface area (TPSA) is 35.2 Å². The van der Waals surface area contributed by atoms with E-state index in [-0.39, 0.29) is 0 Å². The zero-order valence-corrected chi connectivity index (χ0v) is 47.3. The molecule has 4 aromatic heterocycles. The van der Waals surface area contributed by atoms with Gasteiger partial charge in [-0.05, 0) is 34.4 Å². The number of aromatic nitrogens is 8. The summed E-state index contributed by atoms with van der Waals surface area (Å²) in [5.41, 5.74) is 10.4. The molecule has 0 spiro atoms. The van der Waals surface area contributed by atoms with E-state index in [1.165, 1.54) is 44.5 Å². The van der Waals surface area contributed by atoms with Gasteiger partial charge in [-0.2, -0.15) is 0 Å². The van der Waals surface area contributed by atoms with E-state index in [0.717, 1.165) is 52.4 Å². The Balaban J connectivity index is 0.000000399. The molecule has 0 atom stereocenters. The van der Waals surface area contributed by atoms with Crippen LogP contribution in [-0.4, -0.2) is 18.3 Å². The predicted molar refractivity (Wildman–Crippen MR) is 278 cm³/mol. The first-order chi connectivity index (χ1) is 38.4. The maximum atomic E-state index is 9.87. The fourth-order valence-electron chi connectivity index (χ4n) is 7.85. The second kappa shape index (κ2) is 22.6. The van der Waals surface area contributed by atoms with Crippen molar-refractivity contribution in [3.8, 4) is 0 Å². The minimum Gasteiger partial charge on any atom is -0.233 e. The van der Waals surface area contributed by atoms with Crippen LogP contribution in [0.5, 0.6) is 0 Å². The van der Waals surface area contributed by atoms with Crippen LogP contribution in [0.2, 0.25) is 0 Å². The van der Waals surface area contributed by atoms with Crippen molar-refractivity contribution in [1.29, 1.82) is 0 Å². The first kappa shape index (κ1) is 69.7. The Morgan fingerprint density at radius 1 is 0.244 bits per heavy atom. The molecule has 0 radical (unpaired) electrons. The summed E-state index contributed by atoms with van der Waals surface area (Å²) >= 11 is 0. The van der Waals surface area contributed by atoms with Crippen LogP contribution in [0.15, 0.2) is 208 Å². The Morgan fingerprint density at radius 2 is 0.395 bits per heavy atom. The van der Waals surface area contributed by atoms with Crippen molar-refractivity contribution in [3.63, 3.8) is 0 Å². The Bertz CT molecular complexity index is 3150. The summed E-state index contributed by atoms with van der Waals surface area (Å²) in [7, 11) is -42.6. The van der Waals surface area contributed by atoms with Crippen LogP contribution in [0.1, 0.15) is 44.5 Å².